The maximum absolute atomic E-state index is 13.2. The van der Waals surface area contributed by atoms with Crippen molar-refractivity contribution in [1.82, 2.24) is 0 Å². The Morgan fingerprint density at radius 3 is 1.22 bits per heavy atom. The molecule has 14 nitrogen and oxygen atoms in total. The maximum Gasteiger partial charge on any atom is 0.339 e. The number of aromatic hydroxyl groups is 2. The Balaban J connectivity index is 1.08. The van der Waals surface area contributed by atoms with Crippen LogP contribution in [0.3, 0.4) is 0 Å². The van der Waals surface area contributed by atoms with Crippen molar-refractivity contribution in [3.05, 3.63) is 130 Å². The second-order valence-corrected chi connectivity index (χ2v) is 11.0. The number of carbonyl (C=O) groups excluding carboxylic acids is 4. The number of rotatable bonds is 8. The van der Waals surface area contributed by atoms with Crippen molar-refractivity contribution >= 4 is 46.9 Å². The summed E-state index contributed by atoms with van der Waals surface area (Å²) in [6, 6.07) is 21.6. The molecular weight excluding hydrogens is 652 g/mol. The third kappa shape index (κ3) is 5.18. The monoisotopic (exact) mass is 672 g/mol. The molecule has 4 amide bonds. The van der Waals surface area contributed by atoms with Crippen molar-refractivity contribution in [2.45, 2.75) is 0 Å². The van der Waals surface area contributed by atoms with E-state index in [2.05, 4.69) is 0 Å². The third-order valence-electron chi connectivity index (χ3n) is 7.93. The van der Waals surface area contributed by atoms with E-state index in [0.717, 1.165) is 34.1 Å². The highest BCUT2D eigenvalue weighted by atomic mass is 16.5. The standard InChI is InChI=1S/C36H20N2O12/c39-29-12-17(4-8-25(29)35(45)46)37-31(41)23-10-6-21(15-27(23)33(37)43)49-19-2-1-3-20(14-19)50-22-7-11-24-28(16-22)34(44)38(32(24)42)18-5-9-26(36(47)48)30(40)13-18/h1-16,39-40H,(H,45,46)(H,47,48). The van der Waals surface area contributed by atoms with Crippen molar-refractivity contribution in [3.8, 4) is 34.5 Å². The molecule has 2 aliphatic heterocycles. The van der Waals surface area contributed by atoms with Crippen LogP contribution in [0.25, 0.3) is 0 Å². The van der Waals surface area contributed by atoms with Gasteiger partial charge in [-0.2, -0.15) is 0 Å². The van der Waals surface area contributed by atoms with Gasteiger partial charge in [0.2, 0.25) is 0 Å². The summed E-state index contributed by atoms with van der Waals surface area (Å²) < 4.78 is 11.9. The van der Waals surface area contributed by atoms with E-state index in [1.54, 1.807) is 18.2 Å². The molecule has 5 aromatic rings. The number of aromatic carboxylic acids is 2. The zero-order valence-corrected chi connectivity index (χ0v) is 25.2. The van der Waals surface area contributed by atoms with Gasteiger partial charge in [0.05, 0.1) is 33.6 Å². The molecule has 0 radical (unpaired) electrons. The first-order valence-corrected chi connectivity index (χ1v) is 14.6. The fourth-order valence-corrected chi connectivity index (χ4v) is 5.59. The van der Waals surface area contributed by atoms with E-state index in [9.17, 15) is 39.0 Å². The Kier molecular flexibility index (Phi) is 7.25. The molecule has 5 aromatic carbocycles. The maximum atomic E-state index is 13.2. The fraction of sp³-hybridized carbons (Fsp3) is 0. The summed E-state index contributed by atoms with van der Waals surface area (Å²) in [4.78, 5) is 76.7. The smallest absolute Gasteiger partial charge is 0.339 e. The van der Waals surface area contributed by atoms with Gasteiger partial charge < -0.3 is 29.9 Å². The Morgan fingerprint density at radius 1 is 0.460 bits per heavy atom. The average molecular weight is 673 g/mol. The molecule has 2 heterocycles. The summed E-state index contributed by atoms with van der Waals surface area (Å²) in [7, 11) is 0. The lowest BCUT2D eigenvalue weighted by Crippen LogP contribution is -2.29. The minimum absolute atomic E-state index is 0.00922. The van der Waals surface area contributed by atoms with Crippen molar-refractivity contribution in [2.75, 3.05) is 9.80 Å². The first kappa shape index (κ1) is 31.1. The van der Waals surface area contributed by atoms with Gasteiger partial charge in [0.25, 0.3) is 23.6 Å². The Labute approximate surface area is 280 Å². The first-order valence-electron chi connectivity index (χ1n) is 14.6. The van der Waals surface area contributed by atoms with E-state index in [1.807, 2.05) is 0 Å². The van der Waals surface area contributed by atoms with Crippen LogP contribution in [0.1, 0.15) is 62.1 Å². The van der Waals surface area contributed by atoms with Crippen LogP contribution in [0, 0.1) is 0 Å². The molecule has 4 N–H and O–H groups in total. The number of amides is 4. The van der Waals surface area contributed by atoms with E-state index < -0.39 is 47.1 Å². The number of carbonyl (C=O) groups is 6. The predicted molar refractivity (Wildman–Crippen MR) is 172 cm³/mol. The predicted octanol–water partition coefficient (Wildman–Crippen LogP) is 5.68. The molecule has 0 saturated heterocycles. The summed E-state index contributed by atoms with van der Waals surface area (Å²) >= 11 is 0. The van der Waals surface area contributed by atoms with Crippen LogP contribution in [-0.4, -0.2) is 56.0 Å². The number of hydrogen-bond donors (Lipinski definition) is 4. The second kappa shape index (κ2) is 11.6. The molecule has 14 heteroatoms. The third-order valence-corrected chi connectivity index (χ3v) is 7.93. The Morgan fingerprint density at radius 2 is 0.840 bits per heavy atom. The molecular formula is C36H20N2O12. The summed E-state index contributed by atoms with van der Waals surface area (Å²) in [5.41, 5.74) is -0.570. The van der Waals surface area contributed by atoms with Gasteiger partial charge in [-0.15, -0.1) is 0 Å². The number of carboxylic acids is 2. The van der Waals surface area contributed by atoms with Crippen LogP contribution < -0.4 is 19.3 Å². The lowest BCUT2D eigenvalue weighted by Gasteiger charge is -2.14. The lowest BCUT2D eigenvalue weighted by molar-refractivity contribution is 0.0682. The zero-order chi connectivity index (χ0) is 35.4. The number of ether oxygens (including phenoxy) is 2. The largest absolute Gasteiger partial charge is 0.507 e. The Hall–Kier alpha value is -7.48. The van der Waals surface area contributed by atoms with Gasteiger partial charge in [-0.05, 0) is 72.8 Å². The normalized spacial score (nSPS) is 13.4. The van der Waals surface area contributed by atoms with Crippen molar-refractivity contribution in [3.63, 3.8) is 0 Å². The van der Waals surface area contributed by atoms with E-state index in [1.165, 1.54) is 54.6 Å². The molecule has 0 aromatic heterocycles. The summed E-state index contributed by atoms with van der Waals surface area (Å²) in [5, 5.41) is 38.5. The minimum Gasteiger partial charge on any atom is -0.507 e. The highest BCUT2D eigenvalue weighted by Crippen LogP contribution is 2.37. The SMILES string of the molecule is O=C(O)c1ccc(N2C(=O)c3ccc(Oc4cccc(Oc5ccc6c(c5)C(=O)N(c5ccc(C(=O)O)c(O)c5)C6=O)c4)cc3C2=O)cc1O. The van der Waals surface area contributed by atoms with Crippen LogP contribution in [0.15, 0.2) is 97.1 Å². The molecule has 2 aliphatic rings. The molecule has 7 rings (SSSR count). The minimum atomic E-state index is -1.37. The topological polar surface area (TPSA) is 208 Å². The van der Waals surface area contributed by atoms with Crippen molar-refractivity contribution in [1.29, 1.82) is 0 Å². The average Bonchev–Trinajstić information content (AvgIpc) is 3.47. The van der Waals surface area contributed by atoms with Gasteiger partial charge in [-0.3, -0.25) is 19.2 Å². The highest BCUT2D eigenvalue weighted by Gasteiger charge is 2.39. The number of hydrogen-bond acceptors (Lipinski definition) is 10. The number of anilines is 2. The zero-order valence-electron chi connectivity index (χ0n) is 25.2. The number of nitrogens with zero attached hydrogens (tertiary/aromatic N) is 2. The van der Waals surface area contributed by atoms with E-state index >= 15 is 0 Å². The van der Waals surface area contributed by atoms with Crippen molar-refractivity contribution < 1.29 is 58.7 Å². The number of phenols is 2. The molecule has 0 bridgehead atoms. The Bertz CT molecular complexity index is 2210. The van der Waals surface area contributed by atoms with E-state index in [4.69, 9.17) is 19.7 Å². The molecule has 0 fully saturated rings. The molecule has 0 spiro atoms. The molecule has 0 unspecified atom stereocenters. The van der Waals surface area contributed by atoms with E-state index in [0.29, 0.717) is 0 Å². The fourth-order valence-electron chi connectivity index (χ4n) is 5.59. The molecule has 0 atom stereocenters. The van der Waals surface area contributed by atoms with Crippen LogP contribution in [0.4, 0.5) is 11.4 Å². The van der Waals surface area contributed by atoms with Gasteiger partial charge in [0.1, 0.15) is 45.6 Å². The molecule has 0 saturated carbocycles. The second-order valence-electron chi connectivity index (χ2n) is 11.0. The van der Waals surface area contributed by atoms with Crippen LogP contribution in [0.5, 0.6) is 34.5 Å². The van der Waals surface area contributed by atoms with Crippen LogP contribution >= 0.6 is 0 Å². The number of carboxylic acid groups (broad SMARTS) is 2. The quantitative estimate of drug-likeness (QED) is 0.147. The summed E-state index contributed by atoms with van der Waals surface area (Å²) in [6.45, 7) is 0. The van der Waals surface area contributed by atoms with Crippen LogP contribution in [0.2, 0.25) is 0 Å². The van der Waals surface area contributed by atoms with Gasteiger partial charge in [0.15, 0.2) is 0 Å². The molecule has 246 valence electrons. The number of fused-ring (bicyclic) bond motifs is 2. The number of benzene rings is 5. The van der Waals surface area contributed by atoms with Crippen molar-refractivity contribution in [2.24, 2.45) is 0 Å². The van der Waals surface area contributed by atoms with E-state index in [-0.39, 0.29) is 67.8 Å². The molecule has 50 heavy (non-hydrogen) atoms. The lowest BCUT2D eigenvalue weighted by atomic mass is 10.1. The summed E-state index contributed by atoms with van der Waals surface area (Å²) in [6.07, 6.45) is 0. The van der Waals surface area contributed by atoms with Gasteiger partial charge in [-0.1, -0.05) is 6.07 Å². The van der Waals surface area contributed by atoms with Crippen LogP contribution in [-0.2, 0) is 0 Å². The van der Waals surface area contributed by atoms with Gasteiger partial charge >= 0.3 is 11.9 Å². The highest BCUT2D eigenvalue weighted by molar-refractivity contribution is 6.35. The number of imide groups is 2. The van der Waals surface area contributed by atoms with Gasteiger partial charge in [-0.25, -0.2) is 19.4 Å². The first-order chi connectivity index (χ1) is 23.9. The molecule has 0 aliphatic carbocycles. The van der Waals surface area contributed by atoms with Gasteiger partial charge in [0, 0.05) is 18.2 Å². The summed E-state index contributed by atoms with van der Waals surface area (Å²) in [5.74, 6) is -5.71.